The molecule has 3 rings (SSSR count). The summed E-state index contributed by atoms with van der Waals surface area (Å²) in [6.07, 6.45) is 4.25. The molecule has 1 aliphatic rings. The lowest BCUT2D eigenvalue weighted by atomic mass is 9.76. The fourth-order valence-corrected chi connectivity index (χ4v) is 2.37. The molecule has 0 atom stereocenters. The Morgan fingerprint density at radius 1 is 1.53 bits per heavy atom. The van der Waals surface area contributed by atoms with Crippen LogP contribution in [0.15, 0.2) is 11.7 Å². The largest absolute Gasteiger partial charge is 0.338 e. The number of carbonyl (C=O) groups excluding carboxylic acids is 1. The van der Waals surface area contributed by atoms with Gasteiger partial charge in [0.05, 0.1) is 5.54 Å². The predicted octanol–water partition coefficient (Wildman–Crippen LogP) is 0.465. The first-order chi connectivity index (χ1) is 8.30. The molecule has 0 radical (unpaired) electrons. The summed E-state index contributed by atoms with van der Waals surface area (Å²) in [5, 5.41) is 15.0. The van der Waals surface area contributed by atoms with Crippen LogP contribution in [0, 0.1) is 0 Å². The van der Waals surface area contributed by atoms with Crippen LogP contribution in [0.4, 0.5) is 0 Å². The van der Waals surface area contributed by atoms with Crippen molar-refractivity contribution in [2.75, 3.05) is 0 Å². The van der Waals surface area contributed by atoms with Crippen molar-refractivity contribution in [2.24, 2.45) is 0 Å². The summed E-state index contributed by atoms with van der Waals surface area (Å²) in [6.45, 7) is 0. The van der Waals surface area contributed by atoms with E-state index < -0.39 is 5.54 Å². The molecule has 1 fully saturated rings. The molecule has 0 aliphatic heterocycles. The van der Waals surface area contributed by atoms with Crippen molar-refractivity contribution in [3.63, 3.8) is 0 Å². The lowest BCUT2D eigenvalue weighted by Gasteiger charge is -2.40. The van der Waals surface area contributed by atoms with E-state index in [1.807, 2.05) is 0 Å². The van der Waals surface area contributed by atoms with Crippen molar-refractivity contribution in [2.45, 2.75) is 24.8 Å². The van der Waals surface area contributed by atoms with Gasteiger partial charge in [-0.3, -0.25) is 9.89 Å². The molecule has 2 N–H and O–H groups in total. The summed E-state index contributed by atoms with van der Waals surface area (Å²) < 4.78 is 3.67. The molecular formula is C9H10N6OS. The van der Waals surface area contributed by atoms with Gasteiger partial charge in [-0.15, -0.1) is 5.10 Å². The molecule has 0 bridgehead atoms. The highest BCUT2D eigenvalue weighted by Crippen LogP contribution is 2.39. The predicted molar refractivity (Wildman–Crippen MR) is 59.3 cm³/mol. The van der Waals surface area contributed by atoms with Gasteiger partial charge in [0.15, 0.2) is 5.69 Å². The molecule has 1 saturated carbocycles. The molecule has 0 spiro atoms. The van der Waals surface area contributed by atoms with E-state index in [4.69, 9.17) is 0 Å². The highest BCUT2D eigenvalue weighted by atomic mass is 32.1. The zero-order chi connectivity index (χ0) is 11.7. The molecule has 0 unspecified atom stereocenters. The molecule has 7 nitrogen and oxygen atoms in total. The van der Waals surface area contributed by atoms with Gasteiger partial charge in [-0.25, -0.2) is 4.98 Å². The molecule has 2 heterocycles. The number of hydrogen-bond acceptors (Lipinski definition) is 6. The van der Waals surface area contributed by atoms with Crippen molar-refractivity contribution in [1.82, 2.24) is 30.1 Å². The second kappa shape index (κ2) is 3.88. The second-order valence-corrected chi connectivity index (χ2v) is 4.62. The molecule has 2 aromatic rings. The van der Waals surface area contributed by atoms with Gasteiger partial charge in [0.25, 0.3) is 5.91 Å². The third kappa shape index (κ3) is 1.70. The van der Waals surface area contributed by atoms with E-state index in [9.17, 15) is 4.79 Å². The standard InChI is InChI=1S/C9H10N6OS/c16-7(6-4-17-15-13-6)12-9(2-1-3-9)8-10-5-11-14-8/h4-5H,1-3H2,(H,12,16)(H,10,11,14). The highest BCUT2D eigenvalue weighted by molar-refractivity contribution is 7.03. The zero-order valence-electron chi connectivity index (χ0n) is 8.88. The van der Waals surface area contributed by atoms with Gasteiger partial charge in [0.1, 0.15) is 12.2 Å². The maximum absolute atomic E-state index is 11.9. The van der Waals surface area contributed by atoms with Gasteiger partial charge in [-0.2, -0.15) is 5.10 Å². The van der Waals surface area contributed by atoms with Crippen molar-refractivity contribution in [3.05, 3.63) is 23.2 Å². The second-order valence-electron chi connectivity index (χ2n) is 4.01. The zero-order valence-corrected chi connectivity index (χ0v) is 9.70. The molecule has 17 heavy (non-hydrogen) atoms. The highest BCUT2D eigenvalue weighted by Gasteiger charge is 2.43. The van der Waals surface area contributed by atoms with Gasteiger partial charge < -0.3 is 5.32 Å². The summed E-state index contributed by atoms with van der Waals surface area (Å²) in [7, 11) is 0. The van der Waals surface area contributed by atoms with Crippen LogP contribution < -0.4 is 5.32 Å². The Kier molecular flexibility index (Phi) is 2.36. The topological polar surface area (TPSA) is 96.5 Å². The summed E-state index contributed by atoms with van der Waals surface area (Å²) >= 11 is 1.16. The van der Waals surface area contributed by atoms with E-state index in [-0.39, 0.29) is 5.91 Å². The molecule has 2 aromatic heterocycles. The van der Waals surface area contributed by atoms with E-state index in [2.05, 4.69) is 30.1 Å². The van der Waals surface area contributed by atoms with Gasteiger partial charge in [-0.05, 0) is 30.8 Å². The normalized spacial score (nSPS) is 17.4. The maximum Gasteiger partial charge on any atom is 0.273 e. The number of rotatable bonds is 3. The smallest absolute Gasteiger partial charge is 0.273 e. The van der Waals surface area contributed by atoms with Crippen molar-refractivity contribution < 1.29 is 4.79 Å². The van der Waals surface area contributed by atoms with Crippen LogP contribution in [0.5, 0.6) is 0 Å². The molecule has 1 amide bonds. The first-order valence-electron chi connectivity index (χ1n) is 5.26. The Bertz CT molecular complexity index is 504. The third-order valence-electron chi connectivity index (χ3n) is 3.02. The maximum atomic E-state index is 11.9. The van der Waals surface area contributed by atoms with E-state index >= 15 is 0 Å². The number of aromatic amines is 1. The van der Waals surface area contributed by atoms with Crippen LogP contribution >= 0.6 is 11.5 Å². The average Bonchev–Trinajstić information content (AvgIpc) is 2.94. The van der Waals surface area contributed by atoms with Gasteiger partial charge >= 0.3 is 0 Å². The fraction of sp³-hybridized carbons (Fsp3) is 0.444. The molecular weight excluding hydrogens is 240 g/mol. The van der Waals surface area contributed by atoms with Crippen molar-refractivity contribution in [3.8, 4) is 0 Å². The first kappa shape index (κ1) is 10.3. The summed E-state index contributed by atoms with van der Waals surface area (Å²) in [6, 6.07) is 0. The number of carbonyl (C=O) groups is 1. The number of nitrogens with zero attached hydrogens (tertiary/aromatic N) is 4. The minimum atomic E-state index is -0.406. The Hall–Kier alpha value is -1.83. The Labute approximate surface area is 101 Å². The van der Waals surface area contributed by atoms with Crippen LogP contribution in [-0.4, -0.2) is 30.7 Å². The average molecular weight is 250 g/mol. The number of aromatic nitrogens is 5. The van der Waals surface area contributed by atoms with Gasteiger partial charge in [0.2, 0.25) is 0 Å². The van der Waals surface area contributed by atoms with Crippen LogP contribution in [0.3, 0.4) is 0 Å². The molecule has 8 heteroatoms. The van der Waals surface area contributed by atoms with Crippen molar-refractivity contribution >= 4 is 17.4 Å². The fourth-order valence-electron chi connectivity index (χ4n) is 1.93. The van der Waals surface area contributed by atoms with E-state index in [1.54, 1.807) is 5.38 Å². The molecule has 0 aromatic carbocycles. The first-order valence-corrected chi connectivity index (χ1v) is 6.09. The minimum Gasteiger partial charge on any atom is -0.338 e. The Morgan fingerprint density at radius 3 is 2.94 bits per heavy atom. The van der Waals surface area contributed by atoms with Crippen LogP contribution in [0.25, 0.3) is 0 Å². The number of H-pyrrole nitrogens is 1. The van der Waals surface area contributed by atoms with Gasteiger partial charge in [0, 0.05) is 5.38 Å². The Morgan fingerprint density at radius 2 is 2.41 bits per heavy atom. The van der Waals surface area contributed by atoms with E-state index in [1.165, 1.54) is 6.33 Å². The lowest BCUT2D eigenvalue weighted by Crippen LogP contribution is -2.51. The van der Waals surface area contributed by atoms with Crippen LogP contribution in [0.2, 0.25) is 0 Å². The van der Waals surface area contributed by atoms with E-state index in [0.717, 1.165) is 30.8 Å². The molecule has 88 valence electrons. The molecule has 0 saturated heterocycles. The summed E-state index contributed by atoms with van der Waals surface area (Å²) in [4.78, 5) is 16.1. The number of nitrogens with one attached hydrogen (secondary N) is 2. The number of amides is 1. The third-order valence-corrected chi connectivity index (χ3v) is 3.53. The van der Waals surface area contributed by atoms with E-state index in [0.29, 0.717) is 11.5 Å². The minimum absolute atomic E-state index is 0.213. The molecule has 1 aliphatic carbocycles. The SMILES string of the molecule is O=C(NC1(c2ncn[nH]2)CCC1)c1csnn1. The Balaban J connectivity index is 1.81. The van der Waals surface area contributed by atoms with Crippen molar-refractivity contribution in [1.29, 1.82) is 0 Å². The lowest BCUT2D eigenvalue weighted by molar-refractivity contribution is 0.0804. The quantitative estimate of drug-likeness (QED) is 0.825. The van der Waals surface area contributed by atoms with Gasteiger partial charge in [-0.1, -0.05) is 4.49 Å². The summed E-state index contributed by atoms with van der Waals surface area (Å²) in [5.41, 5.74) is -0.0576. The van der Waals surface area contributed by atoms with Crippen LogP contribution in [0.1, 0.15) is 35.6 Å². The summed E-state index contributed by atoms with van der Waals surface area (Å²) in [5.74, 6) is 0.495. The van der Waals surface area contributed by atoms with Crippen LogP contribution in [-0.2, 0) is 5.54 Å². The number of hydrogen-bond donors (Lipinski definition) is 2. The monoisotopic (exact) mass is 250 g/mol.